The second kappa shape index (κ2) is 8.78. The van der Waals surface area contributed by atoms with Crippen molar-refractivity contribution >= 4 is 11.8 Å². The van der Waals surface area contributed by atoms with Crippen LogP contribution in [0.2, 0.25) is 0 Å². The maximum Gasteiger partial charge on any atom is 0.247 e. The summed E-state index contributed by atoms with van der Waals surface area (Å²) < 4.78 is 6.10. The van der Waals surface area contributed by atoms with Crippen LogP contribution in [0.15, 0.2) is 35.9 Å². The van der Waals surface area contributed by atoms with Gasteiger partial charge in [-0.3, -0.25) is 9.59 Å². The van der Waals surface area contributed by atoms with Gasteiger partial charge in [-0.25, -0.2) is 0 Å². The van der Waals surface area contributed by atoms with Gasteiger partial charge in [0.2, 0.25) is 11.8 Å². The maximum atomic E-state index is 13.0. The number of rotatable bonds is 5. The summed E-state index contributed by atoms with van der Waals surface area (Å²) in [4.78, 5) is 27.4. The molecule has 3 aliphatic rings. The molecular formula is C23H30N2O5. The number of benzene rings is 1. The Labute approximate surface area is 176 Å². The van der Waals surface area contributed by atoms with E-state index in [9.17, 15) is 14.7 Å². The quantitative estimate of drug-likeness (QED) is 0.678. The van der Waals surface area contributed by atoms with E-state index in [1.54, 1.807) is 11.0 Å². The minimum absolute atomic E-state index is 0.0502. The van der Waals surface area contributed by atoms with Crippen LogP contribution in [-0.2, 0) is 9.59 Å². The van der Waals surface area contributed by atoms with Crippen molar-refractivity contribution in [2.45, 2.75) is 69.2 Å². The first-order chi connectivity index (χ1) is 14.5. The smallest absolute Gasteiger partial charge is 0.247 e. The highest BCUT2D eigenvalue weighted by Gasteiger charge is 2.50. The molecule has 0 aromatic heterocycles. The number of amides is 2. The summed E-state index contributed by atoms with van der Waals surface area (Å²) in [5, 5.41) is 23.2. The van der Waals surface area contributed by atoms with E-state index in [-0.39, 0.29) is 31.0 Å². The standard InChI is InChI=1S/C23H30N2O5/c1-14(27)25(15-7-3-2-4-8-15)18-13-17(23(29)24-11-12-26)20-16-9-5-6-10-19(16)30-22(20)21(18)28/h5-6,9-10,13,15,18,20-22,26,28H,2-4,7-8,11-12H2,1H3,(H,24,29)/t18-,20+,21+,22+/m1/s1. The summed E-state index contributed by atoms with van der Waals surface area (Å²) in [5.74, 6) is -0.166. The Morgan fingerprint density at radius 2 is 1.93 bits per heavy atom. The fourth-order valence-corrected chi connectivity index (χ4v) is 5.23. The molecule has 4 rings (SSSR count). The van der Waals surface area contributed by atoms with Crippen molar-refractivity contribution in [2.24, 2.45) is 0 Å². The van der Waals surface area contributed by atoms with Crippen molar-refractivity contribution in [3.63, 3.8) is 0 Å². The predicted octanol–water partition coefficient (Wildman–Crippen LogP) is 1.49. The van der Waals surface area contributed by atoms with Crippen LogP contribution in [0.4, 0.5) is 0 Å². The van der Waals surface area contributed by atoms with Crippen molar-refractivity contribution < 1.29 is 24.5 Å². The molecular weight excluding hydrogens is 384 g/mol. The zero-order chi connectivity index (χ0) is 21.3. The summed E-state index contributed by atoms with van der Waals surface area (Å²) in [5.41, 5.74) is 1.34. The van der Waals surface area contributed by atoms with Crippen LogP contribution in [-0.4, -0.2) is 64.4 Å². The molecule has 1 heterocycles. The van der Waals surface area contributed by atoms with Crippen LogP contribution in [0.5, 0.6) is 5.75 Å². The third-order valence-corrected chi connectivity index (χ3v) is 6.53. The van der Waals surface area contributed by atoms with Gasteiger partial charge in [-0.15, -0.1) is 0 Å². The van der Waals surface area contributed by atoms with Gasteiger partial charge < -0.3 is 25.2 Å². The minimum Gasteiger partial charge on any atom is -0.486 e. The van der Waals surface area contributed by atoms with E-state index >= 15 is 0 Å². The van der Waals surface area contributed by atoms with Crippen molar-refractivity contribution in [3.8, 4) is 5.75 Å². The fourth-order valence-electron chi connectivity index (χ4n) is 5.23. The van der Waals surface area contributed by atoms with Crippen LogP contribution < -0.4 is 10.1 Å². The van der Waals surface area contributed by atoms with E-state index in [1.807, 2.05) is 24.3 Å². The average Bonchev–Trinajstić information content (AvgIpc) is 3.14. The lowest BCUT2D eigenvalue weighted by Gasteiger charge is -2.44. The van der Waals surface area contributed by atoms with Crippen molar-refractivity contribution in [1.82, 2.24) is 10.2 Å². The second-order valence-corrected chi connectivity index (χ2v) is 8.40. The molecule has 7 nitrogen and oxygen atoms in total. The first-order valence-electron chi connectivity index (χ1n) is 10.9. The number of nitrogens with zero attached hydrogens (tertiary/aromatic N) is 1. The molecule has 162 valence electrons. The molecule has 1 aliphatic heterocycles. The number of carbonyl (C=O) groups excluding carboxylic acids is 2. The Balaban J connectivity index is 1.74. The predicted molar refractivity (Wildman–Crippen MR) is 111 cm³/mol. The summed E-state index contributed by atoms with van der Waals surface area (Å²) in [7, 11) is 0. The highest BCUT2D eigenvalue weighted by atomic mass is 16.5. The van der Waals surface area contributed by atoms with Crippen LogP contribution in [0.25, 0.3) is 0 Å². The zero-order valence-corrected chi connectivity index (χ0v) is 17.3. The van der Waals surface area contributed by atoms with E-state index in [4.69, 9.17) is 9.84 Å². The topological polar surface area (TPSA) is 99.1 Å². The van der Waals surface area contributed by atoms with Gasteiger partial charge in [-0.05, 0) is 25.0 Å². The average molecular weight is 415 g/mol. The fraction of sp³-hybridized carbons (Fsp3) is 0.565. The maximum absolute atomic E-state index is 13.0. The number of para-hydroxylation sites is 1. The molecule has 30 heavy (non-hydrogen) atoms. The molecule has 1 aromatic rings. The Morgan fingerprint density at radius 3 is 2.63 bits per heavy atom. The van der Waals surface area contributed by atoms with Crippen LogP contribution >= 0.6 is 0 Å². The summed E-state index contributed by atoms with van der Waals surface area (Å²) in [6.45, 7) is 1.51. The van der Waals surface area contributed by atoms with Crippen molar-refractivity contribution in [3.05, 3.63) is 41.5 Å². The van der Waals surface area contributed by atoms with E-state index in [0.29, 0.717) is 11.3 Å². The molecule has 0 spiro atoms. The number of fused-ring (bicyclic) bond motifs is 3. The Bertz CT molecular complexity index is 833. The van der Waals surface area contributed by atoms with Crippen LogP contribution in [0, 0.1) is 0 Å². The SMILES string of the molecule is CC(=O)N(C1CCCCC1)[C@@H]1C=C(C(=O)NCCO)[C@@H]2c3ccccc3O[C@@H]2[C@H]1O. The van der Waals surface area contributed by atoms with E-state index in [2.05, 4.69) is 5.32 Å². The number of carbonyl (C=O) groups is 2. The monoisotopic (exact) mass is 414 g/mol. The Hall–Kier alpha value is -2.38. The van der Waals surface area contributed by atoms with Crippen molar-refractivity contribution in [1.29, 1.82) is 0 Å². The molecule has 2 aliphatic carbocycles. The summed E-state index contributed by atoms with van der Waals surface area (Å²) >= 11 is 0. The number of aliphatic hydroxyl groups is 2. The Kier molecular flexibility index (Phi) is 6.11. The molecule has 0 saturated heterocycles. The number of ether oxygens (including phenoxy) is 1. The van der Waals surface area contributed by atoms with Gasteiger partial charge in [-0.1, -0.05) is 37.5 Å². The highest BCUT2D eigenvalue weighted by Crippen LogP contribution is 2.47. The normalized spacial score (nSPS) is 28.0. The molecule has 4 atom stereocenters. The zero-order valence-electron chi connectivity index (χ0n) is 17.3. The lowest BCUT2D eigenvalue weighted by atomic mass is 9.77. The van der Waals surface area contributed by atoms with E-state index in [1.165, 1.54) is 6.92 Å². The number of hydrogen-bond acceptors (Lipinski definition) is 5. The van der Waals surface area contributed by atoms with E-state index in [0.717, 1.165) is 37.7 Å². The van der Waals surface area contributed by atoms with E-state index < -0.39 is 24.2 Å². The number of hydrogen-bond donors (Lipinski definition) is 3. The molecule has 7 heteroatoms. The van der Waals surface area contributed by atoms with Crippen LogP contribution in [0.3, 0.4) is 0 Å². The molecule has 0 unspecified atom stereocenters. The lowest BCUT2D eigenvalue weighted by molar-refractivity contribution is -0.139. The third kappa shape index (κ3) is 3.72. The van der Waals surface area contributed by atoms with Gasteiger partial charge in [0.25, 0.3) is 0 Å². The second-order valence-electron chi connectivity index (χ2n) is 8.40. The lowest BCUT2D eigenvalue weighted by Crippen LogP contribution is -2.58. The molecule has 1 fully saturated rings. The molecule has 1 saturated carbocycles. The highest BCUT2D eigenvalue weighted by molar-refractivity contribution is 5.96. The molecule has 0 bridgehead atoms. The molecule has 1 aromatic carbocycles. The summed E-state index contributed by atoms with van der Waals surface area (Å²) in [6, 6.07) is 6.91. The largest absolute Gasteiger partial charge is 0.486 e. The number of nitrogens with one attached hydrogen (secondary N) is 1. The van der Waals surface area contributed by atoms with Gasteiger partial charge in [0.05, 0.1) is 18.6 Å². The van der Waals surface area contributed by atoms with Gasteiger partial charge in [0.15, 0.2) is 0 Å². The van der Waals surface area contributed by atoms with Gasteiger partial charge in [0, 0.05) is 30.6 Å². The van der Waals surface area contributed by atoms with Gasteiger partial charge >= 0.3 is 0 Å². The Morgan fingerprint density at radius 1 is 1.20 bits per heavy atom. The van der Waals surface area contributed by atoms with Crippen LogP contribution in [0.1, 0.15) is 50.5 Å². The van der Waals surface area contributed by atoms with Gasteiger partial charge in [-0.2, -0.15) is 0 Å². The summed E-state index contributed by atoms with van der Waals surface area (Å²) in [6.07, 6.45) is 5.23. The molecule has 0 radical (unpaired) electrons. The minimum atomic E-state index is -0.942. The number of aliphatic hydroxyl groups excluding tert-OH is 2. The molecule has 3 N–H and O–H groups in total. The third-order valence-electron chi connectivity index (χ3n) is 6.53. The first-order valence-corrected chi connectivity index (χ1v) is 10.9. The van der Waals surface area contributed by atoms with Crippen molar-refractivity contribution in [2.75, 3.05) is 13.2 Å². The van der Waals surface area contributed by atoms with Gasteiger partial charge in [0.1, 0.15) is 18.0 Å². The molecule has 2 amide bonds. The first kappa shape index (κ1) is 20.9.